The van der Waals surface area contributed by atoms with Crippen LogP contribution >= 0.6 is 23.2 Å². The van der Waals surface area contributed by atoms with E-state index in [2.05, 4.69) is 6.07 Å². The van der Waals surface area contributed by atoms with Gasteiger partial charge in [-0.25, -0.2) is 0 Å². The van der Waals surface area contributed by atoms with Gasteiger partial charge in [0.1, 0.15) is 6.10 Å². The first-order valence-electron chi connectivity index (χ1n) is 9.24. The average molecular weight is 415 g/mol. The summed E-state index contributed by atoms with van der Waals surface area (Å²) in [5.74, 6) is -0.0263. The number of carbonyl (C=O) groups excluding carboxylic acids is 1. The molecule has 28 heavy (non-hydrogen) atoms. The lowest BCUT2D eigenvalue weighted by Crippen LogP contribution is -2.27. The first-order chi connectivity index (χ1) is 13.1. The number of carbonyl (C=O) groups is 1. The van der Waals surface area contributed by atoms with Gasteiger partial charge in [-0.2, -0.15) is 0 Å². The summed E-state index contributed by atoms with van der Waals surface area (Å²) in [7, 11) is 0. The lowest BCUT2D eigenvalue weighted by atomic mass is 9.86. The summed E-state index contributed by atoms with van der Waals surface area (Å²) in [5.41, 5.74) is 3.38. The number of hydrogen-bond donors (Lipinski definition) is 0. The third-order valence-corrected chi connectivity index (χ3v) is 5.07. The summed E-state index contributed by atoms with van der Waals surface area (Å²) in [4.78, 5) is 12.6. The molecule has 0 radical (unpaired) electrons. The fraction of sp³-hybridized carbons (Fsp3) is 0.292. The molecule has 0 aliphatic rings. The zero-order chi connectivity index (χ0) is 20.6. The predicted molar refractivity (Wildman–Crippen MR) is 118 cm³/mol. The molecule has 4 heteroatoms. The number of aryl methyl sites for hydroxylation is 1. The molecule has 3 rings (SSSR count). The third-order valence-electron chi connectivity index (χ3n) is 4.58. The molecule has 0 spiro atoms. The zero-order valence-electron chi connectivity index (χ0n) is 16.8. The summed E-state index contributed by atoms with van der Waals surface area (Å²) in [6.45, 7) is 9.47. The molecule has 0 saturated heterocycles. The third kappa shape index (κ3) is 4.41. The number of rotatable bonds is 4. The van der Waals surface area contributed by atoms with Crippen molar-refractivity contribution < 1.29 is 9.53 Å². The quantitative estimate of drug-likeness (QED) is 0.439. The Morgan fingerprint density at radius 2 is 1.57 bits per heavy atom. The average Bonchev–Trinajstić information content (AvgIpc) is 2.58. The van der Waals surface area contributed by atoms with Crippen molar-refractivity contribution in [3.05, 3.63) is 69.7 Å². The van der Waals surface area contributed by atoms with Crippen molar-refractivity contribution in [1.82, 2.24) is 0 Å². The van der Waals surface area contributed by atoms with E-state index in [0.29, 0.717) is 10.0 Å². The first kappa shape index (κ1) is 20.9. The second-order valence-corrected chi connectivity index (χ2v) is 8.95. The summed E-state index contributed by atoms with van der Waals surface area (Å²) < 4.78 is 6.22. The normalized spacial score (nSPS) is 13.0. The Kier molecular flexibility index (Phi) is 5.86. The monoisotopic (exact) mass is 414 g/mol. The van der Waals surface area contributed by atoms with Crippen LogP contribution in [-0.2, 0) is 9.53 Å². The zero-order valence-corrected chi connectivity index (χ0v) is 18.3. The Hall–Kier alpha value is -1.87. The second kappa shape index (κ2) is 7.87. The van der Waals surface area contributed by atoms with E-state index in [1.807, 2.05) is 70.2 Å². The first-order valence-corrected chi connectivity index (χ1v) is 9.99. The highest BCUT2D eigenvalue weighted by molar-refractivity contribution is 6.31. The molecule has 3 aromatic rings. The molecule has 0 saturated carbocycles. The van der Waals surface area contributed by atoms with Crippen LogP contribution < -0.4 is 0 Å². The molecule has 0 N–H and O–H groups in total. The highest BCUT2D eigenvalue weighted by atomic mass is 35.5. The molecule has 1 unspecified atom stereocenters. The minimum Gasteiger partial charge on any atom is -0.360 e. The molecular formula is C24H24Cl2O2. The van der Waals surface area contributed by atoms with E-state index >= 15 is 0 Å². The van der Waals surface area contributed by atoms with Gasteiger partial charge in [0.25, 0.3) is 0 Å². The highest BCUT2D eigenvalue weighted by Crippen LogP contribution is 2.41. The smallest absolute Gasteiger partial charge is 0.163 e. The van der Waals surface area contributed by atoms with Gasteiger partial charge in [0, 0.05) is 10.0 Å². The van der Waals surface area contributed by atoms with Crippen molar-refractivity contribution in [2.24, 2.45) is 0 Å². The molecule has 1 atom stereocenters. The maximum absolute atomic E-state index is 12.6. The van der Waals surface area contributed by atoms with Crippen LogP contribution in [0.1, 0.15) is 44.9 Å². The molecule has 0 aliphatic heterocycles. The number of Topliss-reactive ketones (excluding diaryl/α,β-unsaturated/α-hetero) is 1. The van der Waals surface area contributed by atoms with E-state index in [0.717, 1.165) is 33.0 Å². The molecule has 0 fully saturated rings. The minimum absolute atomic E-state index is 0.0263. The molecule has 0 amide bonds. The van der Waals surface area contributed by atoms with Crippen LogP contribution in [-0.4, -0.2) is 11.4 Å². The van der Waals surface area contributed by atoms with E-state index in [1.165, 1.54) is 0 Å². The topological polar surface area (TPSA) is 26.3 Å². The van der Waals surface area contributed by atoms with Gasteiger partial charge in [-0.3, -0.25) is 4.79 Å². The lowest BCUT2D eigenvalue weighted by molar-refractivity contribution is -0.138. The van der Waals surface area contributed by atoms with Crippen LogP contribution in [0, 0.1) is 6.92 Å². The van der Waals surface area contributed by atoms with Crippen LogP contribution in [0.5, 0.6) is 0 Å². The summed E-state index contributed by atoms with van der Waals surface area (Å²) in [6.07, 6.45) is -0.661. The van der Waals surface area contributed by atoms with Crippen molar-refractivity contribution in [3.63, 3.8) is 0 Å². The van der Waals surface area contributed by atoms with Gasteiger partial charge in [-0.05, 0) is 91.9 Å². The van der Waals surface area contributed by atoms with Crippen molar-refractivity contribution in [2.75, 3.05) is 0 Å². The second-order valence-electron chi connectivity index (χ2n) is 8.08. The van der Waals surface area contributed by atoms with Crippen LogP contribution in [0.15, 0.2) is 48.5 Å². The van der Waals surface area contributed by atoms with E-state index in [1.54, 1.807) is 6.92 Å². The fourth-order valence-corrected chi connectivity index (χ4v) is 3.80. The van der Waals surface area contributed by atoms with Crippen molar-refractivity contribution in [2.45, 2.75) is 46.3 Å². The van der Waals surface area contributed by atoms with Crippen LogP contribution in [0.2, 0.25) is 10.0 Å². The molecular weight excluding hydrogens is 391 g/mol. The Bertz CT molecular complexity index is 1030. The Morgan fingerprint density at radius 3 is 2.14 bits per heavy atom. The van der Waals surface area contributed by atoms with Crippen molar-refractivity contribution in [3.8, 4) is 11.1 Å². The van der Waals surface area contributed by atoms with E-state index in [-0.39, 0.29) is 5.78 Å². The van der Waals surface area contributed by atoms with E-state index in [4.69, 9.17) is 27.9 Å². The van der Waals surface area contributed by atoms with Crippen LogP contribution in [0.25, 0.3) is 21.9 Å². The lowest BCUT2D eigenvalue weighted by Gasteiger charge is -2.29. The molecule has 3 aromatic carbocycles. The number of halogens is 2. The standard InChI is InChI=1S/C24H24Cl2O2/c1-14-12-17-13-19(26)10-11-20(17)22(16-6-8-18(25)9-7-16)21(14)23(15(2)27)28-24(3,4)5/h6-13,23H,1-5H3. The van der Waals surface area contributed by atoms with Crippen molar-refractivity contribution in [1.29, 1.82) is 0 Å². The number of hydrogen-bond acceptors (Lipinski definition) is 2. The number of benzene rings is 3. The van der Waals surface area contributed by atoms with E-state index in [9.17, 15) is 4.79 Å². The van der Waals surface area contributed by atoms with Gasteiger partial charge in [0.2, 0.25) is 0 Å². The summed E-state index contributed by atoms with van der Waals surface area (Å²) in [5, 5.41) is 3.39. The highest BCUT2D eigenvalue weighted by Gasteiger charge is 2.29. The fourth-order valence-electron chi connectivity index (χ4n) is 3.50. The maximum atomic E-state index is 12.6. The molecule has 2 nitrogen and oxygen atoms in total. The molecule has 0 aliphatic carbocycles. The predicted octanol–water partition coefficient (Wildman–Crippen LogP) is 7.57. The molecule has 0 heterocycles. The van der Waals surface area contributed by atoms with Gasteiger partial charge in [-0.1, -0.05) is 47.5 Å². The van der Waals surface area contributed by atoms with Gasteiger partial charge >= 0.3 is 0 Å². The Labute approximate surface area is 176 Å². The maximum Gasteiger partial charge on any atom is 0.163 e. The van der Waals surface area contributed by atoms with Crippen LogP contribution in [0.3, 0.4) is 0 Å². The van der Waals surface area contributed by atoms with Gasteiger partial charge in [0.15, 0.2) is 5.78 Å². The van der Waals surface area contributed by atoms with Gasteiger partial charge < -0.3 is 4.74 Å². The van der Waals surface area contributed by atoms with Gasteiger partial charge in [0.05, 0.1) is 5.60 Å². The number of fused-ring (bicyclic) bond motifs is 1. The minimum atomic E-state index is -0.661. The van der Waals surface area contributed by atoms with Crippen molar-refractivity contribution >= 4 is 39.8 Å². The largest absolute Gasteiger partial charge is 0.360 e. The number of ketones is 1. The Morgan fingerprint density at radius 1 is 0.964 bits per heavy atom. The molecule has 146 valence electrons. The SMILES string of the molecule is CC(=O)C(OC(C)(C)C)c1c(C)cc2cc(Cl)ccc2c1-c1ccc(Cl)cc1. The van der Waals surface area contributed by atoms with Gasteiger partial charge in [-0.15, -0.1) is 0 Å². The van der Waals surface area contributed by atoms with E-state index < -0.39 is 11.7 Å². The summed E-state index contributed by atoms with van der Waals surface area (Å²) in [6, 6.07) is 15.6. The molecule has 0 bridgehead atoms. The van der Waals surface area contributed by atoms with Crippen LogP contribution in [0.4, 0.5) is 0 Å². The Balaban J connectivity index is 2.39. The summed E-state index contributed by atoms with van der Waals surface area (Å²) >= 11 is 12.3. The number of ether oxygens (including phenoxy) is 1. The molecule has 0 aromatic heterocycles.